The molecule has 0 spiro atoms. The van der Waals surface area contributed by atoms with Gasteiger partial charge in [-0.1, -0.05) is 12.2 Å². The monoisotopic (exact) mass is 244 g/mol. The summed E-state index contributed by atoms with van der Waals surface area (Å²) >= 11 is 0. The Morgan fingerprint density at radius 1 is 1.41 bits per heavy atom. The van der Waals surface area contributed by atoms with Crippen molar-refractivity contribution in [3.05, 3.63) is 12.2 Å². The summed E-state index contributed by atoms with van der Waals surface area (Å²) in [5.41, 5.74) is 0. The van der Waals surface area contributed by atoms with E-state index in [4.69, 9.17) is 19.3 Å². The maximum Gasteiger partial charge on any atom is 0.163 e. The molecule has 98 valence electrons. The summed E-state index contributed by atoms with van der Waals surface area (Å²) in [5.74, 6) is -0.577. The number of hydrogen-bond acceptors (Lipinski definition) is 5. The largest absolute Gasteiger partial charge is 0.394 e. The van der Waals surface area contributed by atoms with Crippen LogP contribution in [0.3, 0.4) is 0 Å². The van der Waals surface area contributed by atoms with E-state index in [2.05, 4.69) is 0 Å². The Morgan fingerprint density at radius 2 is 2.18 bits per heavy atom. The second-order valence-corrected chi connectivity index (χ2v) is 4.96. The van der Waals surface area contributed by atoms with Gasteiger partial charge < -0.3 is 24.4 Å². The summed E-state index contributed by atoms with van der Waals surface area (Å²) in [6, 6.07) is 0. The lowest BCUT2D eigenvalue weighted by atomic mass is 10.0. The Kier molecular flexibility index (Phi) is 3.85. The van der Waals surface area contributed by atoms with Crippen molar-refractivity contribution in [3.8, 4) is 0 Å². The molecule has 2 N–H and O–H groups in total. The number of rotatable bonds is 3. The van der Waals surface area contributed by atoms with Crippen LogP contribution in [0.15, 0.2) is 12.2 Å². The normalized spacial score (nSPS) is 37.5. The van der Waals surface area contributed by atoms with Gasteiger partial charge >= 0.3 is 0 Å². The van der Waals surface area contributed by atoms with Gasteiger partial charge in [0.05, 0.1) is 25.4 Å². The number of fused-ring (bicyclic) bond motifs is 1. The minimum atomic E-state index is -0.747. The molecular formula is C12H20O5. The van der Waals surface area contributed by atoms with Gasteiger partial charge in [-0.2, -0.15) is 0 Å². The lowest BCUT2D eigenvalue weighted by Gasteiger charge is -2.42. The lowest BCUT2D eigenvalue weighted by Crippen LogP contribution is -2.51. The minimum absolute atomic E-state index is 0.0960. The summed E-state index contributed by atoms with van der Waals surface area (Å²) < 4.78 is 17.0. The fraction of sp³-hybridized carbons (Fsp3) is 0.833. The molecule has 1 saturated heterocycles. The van der Waals surface area contributed by atoms with Crippen LogP contribution in [0.1, 0.15) is 20.3 Å². The quantitative estimate of drug-likeness (QED) is 0.694. The predicted octanol–water partition coefficient (Wildman–Crippen LogP) is 0.205. The molecule has 4 atom stereocenters. The molecule has 0 saturated carbocycles. The molecule has 5 nitrogen and oxygen atoms in total. The molecule has 2 aliphatic heterocycles. The first-order chi connectivity index (χ1) is 8.00. The molecule has 0 bridgehead atoms. The fourth-order valence-corrected chi connectivity index (χ4v) is 2.08. The van der Waals surface area contributed by atoms with Gasteiger partial charge in [-0.3, -0.25) is 0 Å². The molecule has 0 unspecified atom stereocenters. The molecule has 17 heavy (non-hydrogen) atoms. The first-order valence-electron chi connectivity index (χ1n) is 5.94. The molecule has 0 radical (unpaired) electrons. The summed E-state index contributed by atoms with van der Waals surface area (Å²) in [6.45, 7) is 3.98. The second-order valence-electron chi connectivity index (χ2n) is 4.96. The highest BCUT2D eigenvalue weighted by molar-refractivity contribution is 5.05. The number of ether oxygens (including phenoxy) is 3. The van der Waals surface area contributed by atoms with Crippen molar-refractivity contribution in [1.82, 2.24) is 0 Å². The van der Waals surface area contributed by atoms with E-state index >= 15 is 0 Å². The van der Waals surface area contributed by atoms with E-state index < -0.39 is 11.9 Å². The van der Waals surface area contributed by atoms with Crippen LogP contribution in [0, 0.1) is 0 Å². The summed E-state index contributed by atoms with van der Waals surface area (Å²) in [4.78, 5) is 0. The lowest BCUT2D eigenvalue weighted by molar-refractivity contribution is -0.306. The van der Waals surface area contributed by atoms with Crippen molar-refractivity contribution in [2.45, 2.75) is 50.5 Å². The molecule has 2 rings (SSSR count). The maximum atomic E-state index is 9.36. The van der Waals surface area contributed by atoms with Crippen molar-refractivity contribution in [2.24, 2.45) is 0 Å². The first-order valence-corrected chi connectivity index (χ1v) is 5.94. The standard InChI is InChI=1S/C12H20O5/c1-12(2)15-7-11-10(17-12)4-3-9(16-11)5-8(14)6-13/h3-4,8-11,13-14H,5-7H2,1-2H3/t8-,9-,10-,11+/m0/s1. The van der Waals surface area contributed by atoms with Gasteiger partial charge in [-0.25, -0.2) is 0 Å². The smallest absolute Gasteiger partial charge is 0.163 e. The van der Waals surface area contributed by atoms with Crippen molar-refractivity contribution in [2.75, 3.05) is 13.2 Å². The van der Waals surface area contributed by atoms with Gasteiger partial charge in [0.2, 0.25) is 0 Å². The fourth-order valence-electron chi connectivity index (χ4n) is 2.08. The average molecular weight is 244 g/mol. The van der Waals surface area contributed by atoms with E-state index in [9.17, 15) is 5.11 Å². The Morgan fingerprint density at radius 3 is 2.88 bits per heavy atom. The van der Waals surface area contributed by atoms with Gasteiger partial charge in [-0.15, -0.1) is 0 Å². The molecule has 0 amide bonds. The average Bonchev–Trinajstić information content (AvgIpc) is 2.28. The molecule has 0 aromatic heterocycles. The van der Waals surface area contributed by atoms with Crippen LogP contribution in [0.4, 0.5) is 0 Å². The van der Waals surface area contributed by atoms with Crippen LogP contribution in [-0.4, -0.2) is 53.6 Å². The van der Waals surface area contributed by atoms with Crippen LogP contribution in [-0.2, 0) is 14.2 Å². The predicted molar refractivity (Wildman–Crippen MR) is 60.4 cm³/mol. The van der Waals surface area contributed by atoms with Crippen molar-refractivity contribution >= 4 is 0 Å². The van der Waals surface area contributed by atoms with E-state index in [-0.39, 0.29) is 24.9 Å². The molecule has 0 aromatic carbocycles. The van der Waals surface area contributed by atoms with Crippen molar-refractivity contribution < 1.29 is 24.4 Å². The Hall–Kier alpha value is -0.460. The Labute approximate surface area is 101 Å². The molecule has 0 aromatic rings. The zero-order valence-corrected chi connectivity index (χ0v) is 10.2. The topological polar surface area (TPSA) is 68.2 Å². The summed E-state index contributed by atoms with van der Waals surface area (Å²) in [6.07, 6.45) is 3.05. The molecule has 2 aliphatic rings. The van der Waals surface area contributed by atoms with E-state index in [0.717, 1.165) is 0 Å². The van der Waals surface area contributed by atoms with E-state index in [1.807, 2.05) is 26.0 Å². The van der Waals surface area contributed by atoms with Crippen LogP contribution < -0.4 is 0 Å². The highest BCUT2D eigenvalue weighted by Gasteiger charge is 2.38. The van der Waals surface area contributed by atoms with E-state index in [1.165, 1.54) is 0 Å². The van der Waals surface area contributed by atoms with Gasteiger partial charge in [0.15, 0.2) is 5.79 Å². The zero-order chi connectivity index (χ0) is 12.5. The van der Waals surface area contributed by atoms with E-state index in [1.54, 1.807) is 0 Å². The number of aliphatic hydroxyl groups excluding tert-OH is 2. The van der Waals surface area contributed by atoms with Crippen LogP contribution in [0.2, 0.25) is 0 Å². The highest BCUT2D eigenvalue weighted by atomic mass is 16.7. The van der Waals surface area contributed by atoms with Gasteiger partial charge in [0.1, 0.15) is 12.2 Å². The van der Waals surface area contributed by atoms with Crippen LogP contribution in [0.25, 0.3) is 0 Å². The summed E-state index contributed by atoms with van der Waals surface area (Å²) in [7, 11) is 0. The Balaban J connectivity index is 1.93. The molecular weight excluding hydrogens is 224 g/mol. The highest BCUT2D eigenvalue weighted by Crippen LogP contribution is 2.29. The van der Waals surface area contributed by atoms with Crippen LogP contribution >= 0.6 is 0 Å². The number of aliphatic hydroxyl groups is 2. The SMILES string of the molecule is CC1(C)OC[C@H]2O[C@H](C[C@H](O)CO)C=C[C@@H]2O1. The van der Waals surface area contributed by atoms with Gasteiger partial charge in [-0.05, 0) is 13.8 Å². The van der Waals surface area contributed by atoms with Gasteiger partial charge in [0.25, 0.3) is 0 Å². The molecule has 1 fully saturated rings. The summed E-state index contributed by atoms with van der Waals surface area (Å²) in [5, 5.41) is 18.2. The Bertz CT molecular complexity index is 289. The van der Waals surface area contributed by atoms with Crippen LogP contribution in [0.5, 0.6) is 0 Å². The third-order valence-electron chi connectivity index (χ3n) is 2.96. The minimum Gasteiger partial charge on any atom is -0.394 e. The molecule has 0 aliphatic carbocycles. The van der Waals surface area contributed by atoms with Gasteiger partial charge in [0, 0.05) is 6.42 Å². The van der Waals surface area contributed by atoms with Crippen molar-refractivity contribution in [1.29, 1.82) is 0 Å². The number of hydrogen-bond donors (Lipinski definition) is 2. The molecule has 5 heteroatoms. The second kappa shape index (κ2) is 5.04. The maximum absolute atomic E-state index is 9.36. The van der Waals surface area contributed by atoms with Crippen molar-refractivity contribution in [3.63, 3.8) is 0 Å². The third-order valence-corrected chi connectivity index (χ3v) is 2.96. The molecule has 2 heterocycles. The first kappa shape index (κ1) is 13.0. The van der Waals surface area contributed by atoms with E-state index in [0.29, 0.717) is 13.0 Å². The zero-order valence-electron chi connectivity index (χ0n) is 10.2. The third kappa shape index (κ3) is 3.26.